The predicted molar refractivity (Wildman–Crippen MR) is 50.0 cm³/mol. The molecule has 70 valence electrons. The molecule has 0 aliphatic carbocycles. The minimum absolute atomic E-state index is 0. The molecule has 0 heterocycles. The third-order valence-corrected chi connectivity index (χ3v) is 1.70. The Labute approximate surface area is 74.9 Å². The Balaban J connectivity index is -0.000000320. The van der Waals surface area contributed by atoms with Crippen molar-refractivity contribution < 1.29 is 9.53 Å². The minimum Gasteiger partial charge on any atom is -0.468 e. The maximum absolute atomic E-state index is 10.7. The molecule has 11 heavy (non-hydrogen) atoms. The number of methoxy groups -OCH3 is 1. The molecular weight excluding hydrogens is 164 g/mol. The first-order valence-corrected chi connectivity index (χ1v) is 3.19. The van der Waals surface area contributed by atoms with Gasteiger partial charge in [0, 0.05) is 0 Å². The van der Waals surface area contributed by atoms with Gasteiger partial charge in [0.05, 0.1) is 7.11 Å². The summed E-state index contributed by atoms with van der Waals surface area (Å²) in [7, 11) is 1.33. The van der Waals surface area contributed by atoms with Crippen molar-refractivity contribution in [1.29, 1.82) is 0 Å². The van der Waals surface area contributed by atoms with Crippen LogP contribution in [-0.2, 0) is 9.53 Å². The second-order valence-electron chi connectivity index (χ2n) is 2.04. The van der Waals surface area contributed by atoms with E-state index in [2.05, 4.69) is 4.74 Å². The van der Waals surface area contributed by atoms with Gasteiger partial charge >= 0.3 is 5.97 Å². The van der Waals surface area contributed by atoms with Gasteiger partial charge in [-0.25, -0.2) is 0 Å². The quantitative estimate of drug-likeness (QED) is 0.485. The highest BCUT2D eigenvalue weighted by Gasteiger charge is 2.28. The molecule has 0 bridgehead atoms. The average molecular weight is 183 g/mol. The van der Waals surface area contributed by atoms with Crippen LogP contribution in [0.15, 0.2) is 0 Å². The first-order chi connectivity index (χ1) is 4.04. The van der Waals surface area contributed by atoms with Gasteiger partial charge in [-0.05, 0) is 13.3 Å². The summed E-state index contributed by atoms with van der Waals surface area (Å²) in [5, 5.41) is 0. The van der Waals surface area contributed by atoms with Crippen molar-refractivity contribution in [1.82, 2.24) is 0 Å². The van der Waals surface area contributed by atoms with Gasteiger partial charge in [0.15, 0.2) is 0 Å². The predicted octanol–water partition coefficient (Wildman–Crippen LogP) is 2.84. The summed E-state index contributed by atoms with van der Waals surface area (Å²) in [6.07, 6.45) is 0.585. The minimum atomic E-state index is -0.839. The molecule has 0 aromatic rings. The van der Waals surface area contributed by atoms with Crippen molar-refractivity contribution in [2.24, 2.45) is 0 Å². The molecule has 0 aliphatic rings. The molecule has 0 N–H and O–H groups in total. The highest BCUT2D eigenvalue weighted by molar-refractivity contribution is 6.33. The Morgan fingerprint density at radius 3 is 2.00 bits per heavy atom. The van der Waals surface area contributed by atoms with Crippen molar-refractivity contribution in [2.45, 2.75) is 40.0 Å². The average Bonchev–Trinajstić information content (AvgIpc) is 1.86. The number of halogens is 1. The second-order valence-corrected chi connectivity index (χ2v) is 2.88. The third-order valence-electron chi connectivity index (χ3n) is 1.27. The van der Waals surface area contributed by atoms with Crippen molar-refractivity contribution in [3.05, 3.63) is 0 Å². The summed E-state index contributed by atoms with van der Waals surface area (Å²) in [4.78, 5) is 9.87. The molecule has 0 saturated heterocycles. The van der Waals surface area contributed by atoms with Crippen LogP contribution in [0.4, 0.5) is 0 Å². The van der Waals surface area contributed by atoms with Crippen LogP contribution in [0, 0.1) is 0 Å². The van der Waals surface area contributed by atoms with E-state index in [0.29, 0.717) is 6.42 Å². The van der Waals surface area contributed by atoms with E-state index in [0.717, 1.165) is 0 Å². The number of hydrogen-bond donors (Lipinski definition) is 0. The molecule has 0 rings (SSSR count). The first kappa shape index (κ1) is 17.0. The summed E-state index contributed by atoms with van der Waals surface area (Å²) < 4.78 is 4.44. The van der Waals surface area contributed by atoms with E-state index in [1.165, 1.54) is 7.11 Å². The summed E-state index contributed by atoms with van der Waals surface area (Å²) in [6.45, 7) is 3.48. The molecule has 0 saturated carbocycles. The Morgan fingerprint density at radius 2 is 1.91 bits per heavy atom. The van der Waals surface area contributed by atoms with Gasteiger partial charge in [0.25, 0.3) is 0 Å². The Hall–Kier alpha value is -0.240. The molecule has 0 fully saturated rings. The van der Waals surface area contributed by atoms with Crippen molar-refractivity contribution >= 4 is 17.6 Å². The molecule has 1 unspecified atom stereocenters. The van der Waals surface area contributed by atoms with Crippen LogP contribution < -0.4 is 0 Å². The maximum Gasteiger partial charge on any atom is 0.326 e. The van der Waals surface area contributed by atoms with Crippen molar-refractivity contribution in [3.8, 4) is 0 Å². The molecular formula is C8H19ClO2. The van der Waals surface area contributed by atoms with Crippen LogP contribution in [0.1, 0.15) is 35.1 Å². The molecule has 0 spiro atoms. The van der Waals surface area contributed by atoms with E-state index in [-0.39, 0.29) is 20.8 Å². The van der Waals surface area contributed by atoms with Crippen LogP contribution in [0.3, 0.4) is 0 Å². The second kappa shape index (κ2) is 6.47. The number of ether oxygens (including phenoxy) is 1. The fourth-order valence-corrected chi connectivity index (χ4v) is 0.434. The van der Waals surface area contributed by atoms with E-state index in [1.807, 2.05) is 6.92 Å². The lowest BCUT2D eigenvalue weighted by molar-refractivity contribution is -0.143. The van der Waals surface area contributed by atoms with E-state index in [1.54, 1.807) is 6.92 Å². The molecule has 1 atom stereocenters. The van der Waals surface area contributed by atoms with Gasteiger partial charge in [-0.2, -0.15) is 0 Å². The van der Waals surface area contributed by atoms with E-state index in [4.69, 9.17) is 11.6 Å². The Kier molecular flexibility index (Phi) is 10.0. The first-order valence-electron chi connectivity index (χ1n) is 2.82. The van der Waals surface area contributed by atoms with Crippen molar-refractivity contribution in [2.75, 3.05) is 7.11 Å². The standard InChI is InChI=1S/C6H11ClO2.2CH4/c1-4-6(2,7)5(8)9-3;;/h4H2,1-3H3;2*1H4. The zero-order chi connectivity index (χ0) is 7.49. The molecule has 0 radical (unpaired) electrons. The molecule has 2 nitrogen and oxygen atoms in total. The molecule has 3 heteroatoms. The molecule has 0 aliphatic heterocycles. The van der Waals surface area contributed by atoms with E-state index < -0.39 is 4.87 Å². The number of hydrogen-bond acceptors (Lipinski definition) is 2. The summed E-state index contributed by atoms with van der Waals surface area (Å²) in [5.74, 6) is -0.369. The zero-order valence-electron chi connectivity index (χ0n) is 5.90. The van der Waals surface area contributed by atoms with E-state index >= 15 is 0 Å². The van der Waals surface area contributed by atoms with Crippen LogP contribution in [0.2, 0.25) is 0 Å². The van der Waals surface area contributed by atoms with Gasteiger partial charge in [-0.3, -0.25) is 4.79 Å². The molecule has 0 aromatic carbocycles. The van der Waals surface area contributed by atoms with Gasteiger partial charge < -0.3 is 4.74 Å². The highest BCUT2D eigenvalue weighted by atomic mass is 35.5. The van der Waals surface area contributed by atoms with Crippen LogP contribution in [0.5, 0.6) is 0 Å². The summed E-state index contributed by atoms with van der Waals surface area (Å²) in [5.41, 5.74) is 0. The number of esters is 1. The maximum atomic E-state index is 10.7. The Bertz CT molecular complexity index is 111. The topological polar surface area (TPSA) is 26.3 Å². The Morgan fingerprint density at radius 1 is 1.55 bits per heavy atom. The number of carbonyl (C=O) groups excluding carboxylic acids is 1. The smallest absolute Gasteiger partial charge is 0.326 e. The lowest BCUT2D eigenvalue weighted by Gasteiger charge is -2.15. The number of rotatable bonds is 2. The SMILES string of the molecule is C.C.CCC(C)(Cl)C(=O)OC. The third kappa shape index (κ3) is 5.08. The van der Waals surface area contributed by atoms with E-state index in [9.17, 15) is 4.79 Å². The van der Waals surface area contributed by atoms with Crippen molar-refractivity contribution in [3.63, 3.8) is 0 Å². The zero-order valence-corrected chi connectivity index (χ0v) is 6.66. The molecule has 0 amide bonds. The normalized spacial score (nSPS) is 13.5. The van der Waals surface area contributed by atoms with Crippen LogP contribution >= 0.6 is 11.6 Å². The van der Waals surface area contributed by atoms with Gasteiger partial charge in [0.1, 0.15) is 4.87 Å². The van der Waals surface area contributed by atoms with Crippen LogP contribution in [-0.4, -0.2) is 18.0 Å². The summed E-state index contributed by atoms with van der Waals surface area (Å²) in [6, 6.07) is 0. The lowest BCUT2D eigenvalue weighted by Crippen LogP contribution is -2.28. The highest BCUT2D eigenvalue weighted by Crippen LogP contribution is 2.19. The van der Waals surface area contributed by atoms with Crippen LogP contribution in [0.25, 0.3) is 0 Å². The largest absolute Gasteiger partial charge is 0.468 e. The monoisotopic (exact) mass is 182 g/mol. The number of carbonyl (C=O) groups is 1. The van der Waals surface area contributed by atoms with Gasteiger partial charge in [-0.15, -0.1) is 11.6 Å². The number of alkyl halides is 1. The molecule has 0 aromatic heterocycles. The fourth-order valence-electron chi connectivity index (χ4n) is 0.357. The van der Waals surface area contributed by atoms with Gasteiger partial charge in [-0.1, -0.05) is 21.8 Å². The fraction of sp³-hybridized carbons (Fsp3) is 0.875. The lowest BCUT2D eigenvalue weighted by atomic mass is 10.1. The summed E-state index contributed by atoms with van der Waals surface area (Å²) >= 11 is 5.70. The van der Waals surface area contributed by atoms with Gasteiger partial charge in [0.2, 0.25) is 0 Å².